The molecule has 0 fully saturated rings. The lowest BCUT2D eigenvalue weighted by Crippen LogP contribution is -1.99. The van der Waals surface area contributed by atoms with Crippen LogP contribution < -0.4 is 9.47 Å². The van der Waals surface area contributed by atoms with Gasteiger partial charge in [-0.1, -0.05) is 11.8 Å². The van der Waals surface area contributed by atoms with Gasteiger partial charge < -0.3 is 14.6 Å². The number of nitrogens with zero attached hydrogens (tertiary/aromatic N) is 2. The van der Waals surface area contributed by atoms with Crippen LogP contribution in [0.4, 0.5) is 0 Å². The molecule has 0 bridgehead atoms. The largest absolute Gasteiger partial charge is 0.481 e. The van der Waals surface area contributed by atoms with Crippen LogP contribution in [-0.4, -0.2) is 41.0 Å². The molecule has 1 N–H and O–H groups in total. The van der Waals surface area contributed by atoms with E-state index in [0.717, 1.165) is 0 Å². The highest BCUT2D eigenvalue weighted by molar-refractivity contribution is 7.99. The minimum atomic E-state index is -0.845. The summed E-state index contributed by atoms with van der Waals surface area (Å²) in [6.07, 6.45) is 0.0630. The Kier molecular flexibility index (Phi) is 4.84. The van der Waals surface area contributed by atoms with Gasteiger partial charge in [0, 0.05) is 5.75 Å². The number of hydrogen-bond acceptors (Lipinski definition) is 6. The molecule has 0 spiro atoms. The van der Waals surface area contributed by atoms with E-state index in [1.807, 2.05) is 0 Å². The van der Waals surface area contributed by atoms with Crippen molar-refractivity contribution in [3.8, 4) is 11.8 Å². The minimum Gasteiger partial charge on any atom is -0.481 e. The van der Waals surface area contributed by atoms with Gasteiger partial charge in [0.05, 0.1) is 26.7 Å². The first-order chi connectivity index (χ1) is 7.65. The highest BCUT2D eigenvalue weighted by atomic mass is 32.2. The number of aromatic nitrogens is 2. The third kappa shape index (κ3) is 3.93. The summed E-state index contributed by atoms with van der Waals surface area (Å²) in [4.78, 5) is 18.4. The third-order valence-corrected chi connectivity index (χ3v) is 2.47. The second-order valence-electron chi connectivity index (χ2n) is 2.73. The molecule has 0 saturated heterocycles. The molecule has 0 aliphatic heterocycles. The summed E-state index contributed by atoms with van der Waals surface area (Å²) in [5.74, 6) is 0.350. The van der Waals surface area contributed by atoms with Gasteiger partial charge in [-0.2, -0.15) is 9.97 Å². The number of rotatable bonds is 6. The van der Waals surface area contributed by atoms with E-state index < -0.39 is 5.97 Å². The van der Waals surface area contributed by atoms with Crippen LogP contribution in [0.25, 0.3) is 0 Å². The van der Waals surface area contributed by atoms with Gasteiger partial charge >= 0.3 is 5.97 Å². The van der Waals surface area contributed by atoms with Crippen LogP contribution in [0.2, 0.25) is 0 Å². The number of carbonyl (C=O) groups is 1. The zero-order valence-electron chi connectivity index (χ0n) is 8.97. The average molecular weight is 244 g/mol. The number of hydrogen-bond donors (Lipinski definition) is 1. The maximum Gasteiger partial charge on any atom is 0.304 e. The number of carboxylic acids is 1. The number of carboxylic acid groups (broad SMARTS) is 1. The summed E-state index contributed by atoms with van der Waals surface area (Å²) < 4.78 is 9.93. The molecule has 0 saturated carbocycles. The summed E-state index contributed by atoms with van der Waals surface area (Å²) in [5.41, 5.74) is 0. The van der Waals surface area contributed by atoms with Gasteiger partial charge in [0.2, 0.25) is 11.8 Å². The lowest BCUT2D eigenvalue weighted by Gasteiger charge is -2.05. The van der Waals surface area contributed by atoms with Crippen LogP contribution in [0.1, 0.15) is 6.42 Å². The van der Waals surface area contributed by atoms with E-state index in [4.69, 9.17) is 14.6 Å². The molecular formula is C9H12N2O4S. The zero-order chi connectivity index (χ0) is 12.0. The van der Waals surface area contributed by atoms with Gasteiger partial charge in [0.25, 0.3) is 0 Å². The van der Waals surface area contributed by atoms with Crippen LogP contribution in [0, 0.1) is 0 Å². The molecule has 0 aromatic carbocycles. The van der Waals surface area contributed by atoms with Crippen LogP contribution in [-0.2, 0) is 4.79 Å². The molecular weight excluding hydrogens is 232 g/mol. The normalized spacial score (nSPS) is 9.88. The first-order valence-corrected chi connectivity index (χ1v) is 5.46. The Morgan fingerprint density at radius 2 is 1.94 bits per heavy atom. The summed E-state index contributed by atoms with van der Waals surface area (Å²) in [6.45, 7) is 0. The second-order valence-corrected chi connectivity index (χ2v) is 3.79. The predicted octanol–water partition coefficient (Wildman–Crippen LogP) is 1.06. The lowest BCUT2D eigenvalue weighted by atomic mass is 10.5. The van der Waals surface area contributed by atoms with Crippen molar-refractivity contribution >= 4 is 17.7 Å². The summed E-state index contributed by atoms with van der Waals surface area (Å²) >= 11 is 1.24. The van der Waals surface area contributed by atoms with E-state index in [2.05, 4.69) is 9.97 Å². The van der Waals surface area contributed by atoms with Crippen molar-refractivity contribution in [1.82, 2.24) is 9.97 Å². The highest BCUT2D eigenvalue weighted by Gasteiger charge is 2.06. The van der Waals surface area contributed by atoms with Crippen molar-refractivity contribution in [2.24, 2.45) is 0 Å². The SMILES string of the molecule is COc1cc(OC)nc(SCCC(=O)O)n1. The molecule has 6 nitrogen and oxygen atoms in total. The molecule has 1 heterocycles. The van der Waals surface area contributed by atoms with Crippen LogP contribution in [0.3, 0.4) is 0 Å². The van der Waals surface area contributed by atoms with E-state index in [9.17, 15) is 4.79 Å². The molecule has 0 amide bonds. The molecule has 7 heteroatoms. The van der Waals surface area contributed by atoms with Gasteiger partial charge in [0.1, 0.15) is 0 Å². The Morgan fingerprint density at radius 1 is 1.38 bits per heavy atom. The molecule has 0 unspecified atom stereocenters. The average Bonchev–Trinajstić information content (AvgIpc) is 2.28. The van der Waals surface area contributed by atoms with Crippen molar-refractivity contribution in [2.45, 2.75) is 11.6 Å². The first kappa shape index (κ1) is 12.6. The van der Waals surface area contributed by atoms with Crippen LogP contribution in [0.5, 0.6) is 11.8 Å². The fourth-order valence-corrected chi connectivity index (χ4v) is 1.66. The third-order valence-electron chi connectivity index (χ3n) is 1.62. The molecule has 88 valence electrons. The number of methoxy groups -OCH3 is 2. The topological polar surface area (TPSA) is 81.5 Å². The Labute approximate surface area is 97.0 Å². The monoisotopic (exact) mass is 244 g/mol. The maximum absolute atomic E-state index is 10.3. The van der Waals surface area contributed by atoms with Crippen molar-refractivity contribution < 1.29 is 19.4 Å². The van der Waals surface area contributed by atoms with E-state index in [0.29, 0.717) is 22.7 Å². The zero-order valence-corrected chi connectivity index (χ0v) is 9.78. The van der Waals surface area contributed by atoms with Crippen molar-refractivity contribution in [3.63, 3.8) is 0 Å². The molecule has 0 aliphatic rings. The fourth-order valence-electron chi connectivity index (χ4n) is 0.887. The Morgan fingerprint density at radius 3 is 2.38 bits per heavy atom. The van der Waals surface area contributed by atoms with Gasteiger partial charge in [-0.25, -0.2) is 0 Å². The summed E-state index contributed by atoms with van der Waals surface area (Å²) in [6, 6.07) is 1.56. The molecule has 0 radical (unpaired) electrons. The predicted molar refractivity (Wildman–Crippen MR) is 58.1 cm³/mol. The van der Waals surface area contributed by atoms with Gasteiger partial charge in [0.15, 0.2) is 5.16 Å². The molecule has 1 aromatic heterocycles. The molecule has 0 aliphatic carbocycles. The van der Waals surface area contributed by atoms with E-state index >= 15 is 0 Å². The molecule has 1 aromatic rings. The number of thioether (sulfide) groups is 1. The Bertz CT molecular complexity index is 350. The van der Waals surface area contributed by atoms with E-state index in [-0.39, 0.29) is 6.42 Å². The van der Waals surface area contributed by atoms with Crippen LogP contribution >= 0.6 is 11.8 Å². The van der Waals surface area contributed by atoms with Crippen LogP contribution in [0.15, 0.2) is 11.2 Å². The summed E-state index contributed by atoms with van der Waals surface area (Å²) in [7, 11) is 2.99. The quantitative estimate of drug-likeness (QED) is 0.591. The molecule has 0 atom stereocenters. The van der Waals surface area contributed by atoms with Crippen molar-refractivity contribution in [3.05, 3.63) is 6.07 Å². The van der Waals surface area contributed by atoms with Gasteiger partial charge in [-0.05, 0) is 0 Å². The number of ether oxygens (including phenoxy) is 2. The first-order valence-electron chi connectivity index (χ1n) is 4.47. The Hall–Kier alpha value is -1.50. The fraction of sp³-hybridized carbons (Fsp3) is 0.444. The summed E-state index contributed by atoms with van der Waals surface area (Å²) in [5, 5.41) is 8.93. The smallest absolute Gasteiger partial charge is 0.304 e. The minimum absolute atomic E-state index is 0.0630. The van der Waals surface area contributed by atoms with E-state index in [1.54, 1.807) is 6.07 Å². The standard InChI is InChI=1S/C9H12N2O4S/c1-14-6-5-7(15-2)11-9(10-6)16-4-3-8(12)13/h5H,3-4H2,1-2H3,(H,12,13). The second kappa shape index (κ2) is 6.16. The van der Waals surface area contributed by atoms with Gasteiger partial charge in [-0.15, -0.1) is 0 Å². The lowest BCUT2D eigenvalue weighted by molar-refractivity contribution is -0.136. The molecule has 1 rings (SSSR count). The van der Waals surface area contributed by atoms with Crippen molar-refractivity contribution in [2.75, 3.05) is 20.0 Å². The number of aliphatic carboxylic acids is 1. The maximum atomic E-state index is 10.3. The molecule has 16 heavy (non-hydrogen) atoms. The Balaban J connectivity index is 2.67. The highest BCUT2D eigenvalue weighted by Crippen LogP contribution is 2.21. The van der Waals surface area contributed by atoms with Gasteiger partial charge in [-0.3, -0.25) is 4.79 Å². The van der Waals surface area contributed by atoms with Crippen molar-refractivity contribution in [1.29, 1.82) is 0 Å². The van der Waals surface area contributed by atoms with E-state index in [1.165, 1.54) is 26.0 Å².